The van der Waals surface area contributed by atoms with Gasteiger partial charge in [0.15, 0.2) is 0 Å². The minimum atomic E-state index is 0.287. The lowest BCUT2D eigenvalue weighted by Gasteiger charge is -2.40. The Morgan fingerprint density at radius 3 is 3.00 bits per heavy atom. The highest BCUT2D eigenvalue weighted by Gasteiger charge is 2.36. The van der Waals surface area contributed by atoms with Gasteiger partial charge in [0.2, 0.25) is 0 Å². The smallest absolute Gasteiger partial charge is 0.138 e. The number of nitrogens with zero attached hydrogens (tertiary/aromatic N) is 1. The van der Waals surface area contributed by atoms with E-state index in [1.165, 1.54) is 45.2 Å². The normalized spacial score (nSPS) is 29.5. The Morgan fingerprint density at radius 2 is 2.10 bits per heavy atom. The van der Waals surface area contributed by atoms with Crippen molar-refractivity contribution in [1.29, 1.82) is 0 Å². The Balaban J connectivity index is 1.63. The molecule has 0 bridgehead atoms. The summed E-state index contributed by atoms with van der Waals surface area (Å²) in [5, 5.41) is 9.98. The average molecular weight is 352 g/mol. The summed E-state index contributed by atoms with van der Waals surface area (Å²) in [4.78, 5) is 6.46. The van der Waals surface area contributed by atoms with E-state index in [9.17, 15) is 5.11 Å². The molecule has 0 aromatic heterocycles. The fourth-order valence-electron chi connectivity index (χ4n) is 3.92. The number of phenolic OH excluding ortho intramolecular Hbond substituents is 1. The average Bonchev–Trinajstić information content (AvgIpc) is 2.52. The highest BCUT2D eigenvalue weighted by atomic mass is 79.9. The first-order chi connectivity index (χ1) is 10.3. The number of piperidine rings is 2. The number of aromatic hydroxyl groups is 1. The maximum atomic E-state index is 9.98. The quantitative estimate of drug-likeness (QED) is 0.806. The molecule has 3 rings (SSSR count). The van der Waals surface area contributed by atoms with Gasteiger partial charge in [-0.25, -0.2) is 0 Å². The van der Waals surface area contributed by atoms with Gasteiger partial charge < -0.3 is 10.0 Å². The molecule has 0 aliphatic carbocycles. The molecule has 114 valence electrons. The van der Waals surface area contributed by atoms with Crippen molar-refractivity contribution in [3.8, 4) is 5.75 Å². The van der Waals surface area contributed by atoms with Crippen LogP contribution in [0, 0.1) is 5.92 Å². The molecule has 2 heterocycles. The van der Waals surface area contributed by atoms with Gasteiger partial charge in [-0.2, -0.15) is 0 Å². The lowest BCUT2D eigenvalue weighted by atomic mass is 9.83. The van der Waals surface area contributed by atoms with Crippen molar-refractivity contribution in [2.45, 2.75) is 38.1 Å². The standard InChI is InChI=1S/C17H23BrN2O/c18-15-7-3-5-14(17(15)21)12-19-11-13-6-4-10-20-9-2-1-8-16(13)20/h3,5,7,12-13,16,21H,1-2,4,6,8-11H2/p+1/t13-,16+/m0/s1. The number of fused-ring (bicyclic) bond motifs is 1. The van der Waals surface area contributed by atoms with Crippen molar-refractivity contribution < 1.29 is 10.0 Å². The first-order valence-corrected chi connectivity index (χ1v) is 8.87. The van der Waals surface area contributed by atoms with Crippen molar-refractivity contribution in [3.05, 3.63) is 28.2 Å². The Morgan fingerprint density at radius 1 is 1.24 bits per heavy atom. The number of quaternary nitrogens is 1. The van der Waals surface area contributed by atoms with Crippen LogP contribution in [0.5, 0.6) is 5.75 Å². The minimum absolute atomic E-state index is 0.287. The Bertz CT molecular complexity index is 516. The summed E-state index contributed by atoms with van der Waals surface area (Å²) in [6.45, 7) is 3.62. The predicted octanol–water partition coefficient (Wildman–Crippen LogP) is 2.42. The summed E-state index contributed by atoms with van der Waals surface area (Å²) in [5.41, 5.74) is 0.799. The van der Waals surface area contributed by atoms with Crippen molar-refractivity contribution in [2.24, 2.45) is 10.9 Å². The lowest BCUT2D eigenvalue weighted by Crippen LogP contribution is -3.18. The van der Waals surface area contributed by atoms with Crippen LogP contribution in [0.2, 0.25) is 0 Å². The van der Waals surface area contributed by atoms with Crippen LogP contribution in [0.3, 0.4) is 0 Å². The van der Waals surface area contributed by atoms with E-state index >= 15 is 0 Å². The van der Waals surface area contributed by atoms with Crippen LogP contribution in [0.25, 0.3) is 0 Å². The highest BCUT2D eigenvalue weighted by molar-refractivity contribution is 9.10. The van der Waals surface area contributed by atoms with E-state index in [1.807, 2.05) is 29.3 Å². The van der Waals surface area contributed by atoms with Gasteiger partial charge in [-0.1, -0.05) is 6.07 Å². The second-order valence-corrected chi connectivity index (χ2v) is 7.19. The van der Waals surface area contributed by atoms with Crippen LogP contribution < -0.4 is 4.90 Å². The molecule has 2 N–H and O–H groups in total. The molecule has 1 unspecified atom stereocenters. The fraction of sp³-hybridized carbons (Fsp3) is 0.588. The van der Waals surface area contributed by atoms with Crippen LogP contribution in [0.15, 0.2) is 27.7 Å². The summed E-state index contributed by atoms with van der Waals surface area (Å²) in [7, 11) is 0. The van der Waals surface area contributed by atoms with Crippen LogP contribution in [-0.2, 0) is 0 Å². The zero-order valence-electron chi connectivity index (χ0n) is 12.4. The molecule has 2 saturated heterocycles. The zero-order valence-corrected chi connectivity index (χ0v) is 14.0. The van der Waals surface area contributed by atoms with Gasteiger partial charge in [-0.15, -0.1) is 0 Å². The first kappa shape index (κ1) is 15.0. The van der Waals surface area contributed by atoms with Crippen LogP contribution in [0.4, 0.5) is 0 Å². The molecule has 1 aromatic carbocycles. The molecule has 1 aromatic rings. The fourth-order valence-corrected chi connectivity index (χ4v) is 4.30. The summed E-state index contributed by atoms with van der Waals surface area (Å²) in [5.74, 6) is 1.01. The van der Waals surface area contributed by atoms with E-state index in [-0.39, 0.29) is 5.75 Å². The molecular formula is C17H24BrN2O+. The molecule has 0 radical (unpaired) electrons. The molecule has 2 fully saturated rings. The zero-order chi connectivity index (χ0) is 14.7. The van der Waals surface area contributed by atoms with Gasteiger partial charge in [0, 0.05) is 24.2 Å². The van der Waals surface area contributed by atoms with Gasteiger partial charge >= 0.3 is 0 Å². The van der Waals surface area contributed by atoms with Crippen LogP contribution >= 0.6 is 15.9 Å². The lowest BCUT2D eigenvalue weighted by molar-refractivity contribution is -0.939. The van der Waals surface area contributed by atoms with Gasteiger partial charge in [0.05, 0.1) is 23.6 Å². The summed E-state index contributed by atoms with van der Waals surface area (Å²) >= 11 is 3.35. The van der Waals surface area contributed by atoms with Crippen molar-refractivity contribution in [1.82, 2.24) is 0 Å². The number of hydrogen-bond donors (Lipinski definition) is 2. The van der Waals surface area contributed by atoms with E-state index < -0.39 is 0 Å². The van der Waals surface area contributed by atoms with Crippen LogP contribution in [0.1, 0.15) is 37.7 Å². The molecule has 2 aliphatic heterocycles. The number of nitrogens with one attached hydrogen (secondary N) is 1. The molecule has 0 spiro atoms. The second-order valence-electron chi connectivity index (χ2n) is 6.33. The third-order valence-corrected chi connectivity index (χ3v) is 5.66. The van der Waals surface area contributed by atoms with E-state index in [0.717, 1.165) is 28.5 Å². The Labute approximate surface area is 135 Å². The number of halogens is 1. The van der Waals surface area contributed by atoms with E-state index in [4.69, 9.17) is 0 Å². The maximum Gasteiger partial charge on any atom is 0.138 e. The van der Waals surface area contributed by atoms with Gasteiger partial charge in [0.1, 0.15) is 5.75 Å². The number of hydrogen-bond acceptors (Lipinski definition) is 2. The van der Waals surface area contributed by atoms with E-state index in [1.54, 1.807) is 0 Å². The third kappa shape index (κ3) is 3.49. The topological polar surface area (TPSA) is 37.0 Å². The van der Waals surface area contributed by atoms with Crippen molar-refractivity contribution in [3.63, 3.8) is 0 Å². The summed E-state index contributed by atoms with van der Waals surface area (Å²) < 4.78 is 0.729. The third-order valence-electron chi connectivity index (χ3n) is 5.02. The second kappa shape index (κ2) is 6.93. The largest absolute Gasteiger partial charge is 0.506 e. The number of benzene rings is 1. The summed E-state index contributed by atoms with van der Waals surface area (Å²) in [6, 6.07) is 6.50. The Kier molecular flexibility index (Phi) is 4.96. The van der Waals surface area contributed by atoms with Crippen molar-refractivity contribution >= 4 is 22.1 Å². The van der Waals surface area contributed by atoms with E-state index in [2.05, 4.69) is 20.9 Å². The molecule has 21 heavy (non-hydrogen) atoms. The molecule has 3 atom stereocenters. The predicted molar refractivity (Wildman–Crippen MR) is 89.3 cm³/mol. The molecule has 2 aliphatic rings. The van der Waals surface area contributed by atoms with Gasteiger partial charge in [-0.3, -0.25) is 4.99 Å². The molecular weight excluding hydrogens is 328 g/mol. The minimum Gasteiger partial charge on any atom is -0.506 e. The Hall–Kier alpha value is -0.870. The van der Waals surface area contributed by atoms with Gasteiger partial charge in [0.25, 0.3) is 0 Å². The molecule has 4 heteroatoms. The molecule has 0 saturated carbocycles. The maximum absolute atomic E-state index is 9.98. The van der Waals surface area contributed by atoms with Crippen LogP contribution in [-0.4, -0.2) is 37.0 Å². The monoisotopic (exact) mass is 351 g/mol. The SMILES string of the molecule is Oc1c(Br)cccc1C=NC[C@@H]1CCC[NH+]2CCCC[C@H]12. The van der Waals surface area contributed by atoms with Crippen molar-refractivity contribution in [2.75, 3.05) is 19.6 Å². The number of phenols is 1. The molecule has 3 nitrogen and oxygen atoms in total. The number of para-hydroxylation sites is 1. The first-order valence-electron chi connectivity index (χ1n) is 8.07. The molecule has 0 amide bonds. The number of rotatable bonds is 3. The van der Waals surface area contributed by atoms with Gasteiger partial charge in [-0.05, 0) is 60.2 Å². The van der Waals surface area contributed by atoms with E-state index in [0.29, 0.717) is 0 Å². The highest BCUT2D eigenvalue weighted by Crippen LogP contribution is 2.26. The summed E-state index contributed by atoms with van der Waals surface area (Å²) in [6.07, 6.45) is 8.65. The number of aliphatic imine (C=N–C) groups is 1.